The molecule has 1 unspecified atom stereocenters. The van der Waals surface area contributed by atoms with Crippen molar-refractivity contribution >= 4 is 10.9 Å². The van der Waals surface area contributed by atoms with Crippen molar-refractivity contribution in [3.05, 3.63) is 42.1 Å². The summed E-state index contributed by atoms with van der Waals surface area (Å²) in [5, 5.41) is 4.15. The molecule has 0 aliphatic heterocycles. The largest absolute Gasteiger partial charge is 0.389 e. The second-order valence-electron chi connectivity index (χ2n) is 5.11. The molecule has 1 heterocycles. The van der Waals surface area contributed by atoms with E-state index in [4.69, 9.17) is 0 Å². The van der Waals surface area contributed by atoms with Gasteiger partial charge in [-0.3, -0.25) is 4.98 Å². The van der Waals surface area contributed by atoms with E-state index in [0.717, 1.165) is 16.6 Å². The van der Waals surface area contributed by atoms with Gasteiger partial charge < -0.3 is 5.32 Å². The molecule has 0 amide bonds. The Morgan fingerprint density at radius 1 is 1.14 bits per heavy atom. The lowest BCUT2D eigenvalue weighted by Crippen LogP contribution is -2.32. The van der Waals surface area contributed by atoms with Gasteiger partial charge in [0.1, 0.15) is 0 Å². The Hall–Kier alpha value is -1.62. The summed E-state index contributed by atoms with van der Waals surface area (Å²) >= 11 is 0. The van der Waals surface area contributed by atoms with Crippen LogP contribution < -0.4 is 5.32 Å². The van der Waals surface area contributed by atoms with E-state index in [1.165, 1.54) is 0 Å². The van der Waals surface area contributed by atoms with E-state index in [0.29, 0.717) is 13.0 Å². The lowest BCUT2D eigenvalue weighted by Gasteiger charge is -2.18. The van der Waals surface area contributed by atoms with E-state index in [1.54, 1.807) is 0 Å². The van der Waals surface area contributed by atoms with Crippen LogP contribution in [0.4, 0.5) is 13.2 Å². The number of pyridine rings is 1. The second-order valence-corrected chi connectivity index (χ2v) is 5.11. The maximum absolute atomic E-state index is 12.4. The zero-order chi connectivity index (χ0) is 15.3. The Morgan fingerprint density at radius 2 is 1.90 bits per heavy atom. The minimum Gasteiger partial charge on any atom is -0.314 e. The minimum absolute atomic E-state index is 0.0752. The van der Waals surface area contributed by atoms with Crippen molar-refractivity contribution in [2.24, 2.45) is 0 Å². The minimum atomic E-state index is -4.11. The first-order valence-electron chi connectivity index (χ1n) is 7.13. The van der Waals surface area contributed by atoms with Crippen LogP contribution in [0.3, 0.4) is 0 Å². The number of rotatable bonds is 6. The molecule has 2 nitrogen and oxygen atoms in total. The van der Waals surface area contributed by atoms with Crippen molar-refractivity contribution < 1.29 is 13.2 Å². The molecule has 2 aromatic rings. The summed E-state index contributed by atoms with van der Waals surface area (Å²) in [4.78, 5) is 4.52. The van der Waals surface area contributed by atoms with Gasteiger partial charge in [-0.05, 0) is 25.1 Å². The molecule has 0 saturated heterocycles. The number of nitrogens with zero attached hydrogens (tertiary/aromatic N) is 1. The van der Waals surface area contributed by atoms with Gasteiger partial charge in [-0.2, -0.15) is 13.2 Å². The monoisotopic (exact) mass is 296 g/mol. The quantitative estimate of drug-likeness (QED) is 0.868. The van der Waals surface area contributed by atoms with Crippen molar-refractivity contribution in [2.75, 3.05) is 6.54 Å². The first kappa shape index (κ1) is 15.8. The van der Waals surface area contributed by atoms with E-state index in [9.17, 15) is 13.2 Å². The Morgan fingerprint density at radius 3 is 2.62 bits per heavy atom. The van der Waals surface area contributed by atoms with Gasteiger partial charge in [0.2, 0.25) is 0 Å². The van der Waals surface area contributed by atoms with Crippen molar-refractivity contribution in [2.45, 2.75) is 38.4 Å². The average molecular weight is 296 g/mol. The van der Waals surface area contributed by atoms with E-state index in [2.05, 4.69) is 10.3 Å². The average Bonchev–Trinajstić information content (AvgIpc) is 2.44. The van der Waals surface area contributed by atoms with Crippen LogP contribution in [0, 0.1) is 0 Å². The summed E-state index contributed by atoms with van der Waals surface area (Å²) in [7, 11) is 0. The van der Waals surface area contributed by atoms with Crippen LogP contribution in [0.5, 0.6) is 0 Å². The fraction of sp³-hybridized carbons (Fsp3) is 0.438. The van der Waals surface area contributed by atoms with Crippen LogP contribution in [0.15, 0.2) is 36.4 Å². The van der Waals surface area contributed by atoms with Gasteiger partial charge in [-0.15, -0.1) is 0 Å². The van der Waals surface area contributed by atoms with Gasteiger partial charge in [0, 0.05) is 30.0 Å². The number of likely N-dealkylation sites (N-methyl/N-ethyl adjacent to an activating group) is 1. The van der Waals surface area contributed by atoms with Crippen LogP contribution in [-0.4, -0.2) is 23.7 Å². The molecule has 0 spiro atoms. The van der Waals surface area contributed by atoms with Gasteiger partial charge >= 0.3 is 6.18 Å². The molecule has 0 aliphatic carbocycles. The third-order valence-electron chi connectivity index (χ3n) is 3.38. The first-order valence-corrected chi connectivity index (χ1v) is 7.13. The second kappa shape index (κ2) is 6.89. The molecule has 1 atom stereocenters. The predicted octanol–water partition coefficient (Wildman–Crippen LogP) is 4.10. The zero-order valence-electron chi connectivity index (χ0n) is 12.0. The predicted molar refractivity (Wildman–Crippen MR) is 78.2 cm³/mol. The highest BCUT2D eigenvalue weighted by Crippen LogP contribution is 2.23. The molecule has 0 saturated carbocycles. The molecular formula is C16H19F3N2. The molecule has 21 heavy (non-hydrogen) atoms. The summed E-state index contributed by atoms with van der Waals surface area (Å²) in [6, 6.07) is 11.4. The number of aromatic nitrogens is 1. The van der Waals surface area contributed by atoms with Crippen LogP contribution in [0.1, 0.15) is 25.5 Å². The third-order valence-corrected chi connectivity index (χ3v) is 3.38. The topological polar surface area (TPSA) is 24.9 Å². The fourth-order valence-electron chi connectivity index (χ4n) is 2.38. The number of para-hydroxylation sites is 1. The summed E-state index contributed by atoms with van der Waals surface area (Å²) in [6.07, 6.45) is -4.29. The zero-order valence-corrected chi connectivity index (χ0v) is 12.0. The smallest absolute Gasteiger partial charge is 0.314 e. The molecule has 1 N–H and O–H groups in total. The molecule has 1 aromatic heterocycles. The lowest BCUT2D eigenvalue weighted by molar-refractivity contribution is -0.136. The normalized spacial score (nSPS) is 13.5. The number of alkyl halides is 3. The van der Waals surface area contributed by atoms with Gasteiger partial charge in [-0.1, -0.05) is 31.2 Å². The van der Waals surface area contributed by atoms with E-state index >= 15 is 0 Å². The SMILES string of the molecule is CCNC(CCC(F)(F)F)Cc1ccc2ccccc2n1. The van der Waals surface area contributed by atoms with Crippen LogP contribution in [-0.2, 0) is 6.42 Å². The summed E-state index contributed by atoms with van der Waals surface area (Å²) in [5.74, 6) is 0. The van der Waals surface area contributed by atoms with Gasteiger partial charge in [-0.25, -0.2) is 0 Å². The molecule has 2 rings (SSSR count). The van der Waals surface area contributed by atoms with Crippen molar-refractivity contribution in [1.82, 2.24) is 10.3 Å². The van der Waals surface area contributed by atoms with Gasteiger partial charge in [0.15, 0.2) is 0 Å². The number of fused-ring (bicyclic) bond motifs is 1. The Balaban J connectivity index is 2.07. The van der Waals surface area contributed by atoms with Crippen LogP contribution in [0.25, 0.3) is 10.9 Å². The molecule has 5 heteroatoms. The van der Waals surface area contributed by atoms with Crippen LogP contribution in [0.2, 0.25) is 0 Å². The van der Waals surface area contributed by atoms with E-state index in [1.807, 2.05) is 43.3 Å². The summed E-state index contributed by atoms with van der Waals surface area (Å²) < 4.78 is 37.1. The standard InChI is InChI=1S/C16H19F3N2/c1-2-20-13(9-10-16(17,18)19)11-14-8-7-12-5-3-4-6-15(12)21-14/h3-8,13,20H,2,9-11H2,1H3. The molecule has 0 bridgehead atoms. The summed E-state index contributed by atoms with van der Waals surface area (Å²) in [5.41, 5.74) is 1.70. The number of nitrogens with one attached hydrogen (secondary N) is 1. The Labute approximate surface area is 122 Å². The Kier molecular flexibility index (Phi) is 5.17. The molecule has 114 valence electrons. The molecule has 0 radical (unpaired) electrons. The summed E-state index contributed by atoms with van der Waals surface area (Å²) in [6.45, 7) is 2.55. The van der Waals surface area contributed by atoms with Gasteiger partial charge in [0.05, 0.1) is 5.52 Å². The molecule has 0 aliphatic rings. The fourth-order valence-corrected chi connectivity index (χ4v) is 2.38. The molecule has 0 fully saturated rings. The van der Waals surface area contributed by atoms with E-state index in [-0.39, 0.29) is 12.5 Å². The highest BCUT2D eigenvalue weighted by molar-refractivity contribution is 5.78. The van der Waals surface area contributed by atoms with Crippen LogP contribution >= 0.6 is 0 Å². The Bertz CT molecular complexity index is 581. The number of benzene rings is 1. The molecular weight excluding hydrogens is 277 g/mol. The van der Waals surface area contributed by atoms with Gasteiger partial charge in [0.25, 0.3) is 0 Å². The van der Waals surface area contributed by atoms with Crippen molar-refractivity contribution in [3.8, 4) is 0 Å². The maximum Gasteiger partial charge on any atom is 0.389 e. The highest BCUT2D eigenvalue weighted by Gasteiger charge is 2.28. The van der Waals surface area contributed by atoms with E-state index < -0.39 is 12.6 Å². The van der Waals surface area contributed by atoms with Crippen molar-refractivity contribution in [1.29, 1.82) is 0 Å². The molecule has 1 aromatic carbocycles. The third kappa shape index (κ3) is 5.01. The first-order chi connectivity index (χ1) is 9.98. The maximum atomic E-state index is 12.4. The number of halogens is 3. The highest BCUT2D eigenvalue weighted by atomic mass is 19.4. The number of hydrogen-bond donors (Lipinski definition) is 1. The number of hydrogen-bond acceptors (Lipinski definition) is 2. The van der Waals surface area contributed by atoms with Crippen molar-refractivity contribution in [3.63, 3.8) is 0 Å². The lowest BCUT2D eigenvalue weighted by atomic mass is 10.0.